The summed E-state index contributed by atoms with van der Waals surface area (Å²) in [6, 6.07) is 0.204. The molecule has 9 nitrogen and oxygen atoms in total. The molecule has 1 amide bonds. The molecule has 2 unspecified atom stereocenters. The van der Waals surface area contributed by atoms with Gasteiger partial charge in [0.05, 0.1) is 30.5 Å². The van der Waals surface area contributed by atoms with Crippen LogP contribution < -0.4 is 15.5 Å². The highest BCUT2D eigenvalue weighted by atomic mass is 35.5. The maximum absolute atomic E-state index is 13.0. The smallest absolute Gasteiger partial charge is 0.294 e. The highest BCUT2D eigenvalue weighted by Crippen LogP contribution is 2.43. The molecule has 1 aliphatic carbocycles. The van der Waals surface area contributed by atoms with Crippen molar-refractivity contribution in [2.75, 3.05) is 37.0 Å². The Balaban J connectivity index is 1.44. The lowest BCUT2D eigenvalue weighted by Crippen LogP contribution is -2.45. The minimum absolute atomic E-state index is 0.00302. The van der Waals surface area contributed by atoms with E-state index < -0.39 is 6.10 Å². The van der Waals surface area contributed by atoms with Gasteiger partial charge in [0.15, 0.2) is 5.82 Å². The van der Waals surface area contributed by atoms with Gasteiger partial charge in [0.1, 0.15) is 5.02 Å². The minimum Gasteiger partial charge on any atom is -0.486 e. The van der Waals surface area contributed by atoms with Crippen LogP contribution in [0.15, 0.2) is 41.2 Å². The van der Waals surface area contributed by atoms with Gasteiger partial charge in [0.25, 0.3) is 5.91 Å². The molecule has 188 valence electrons. The first-order chi connectivity index (χ1) is 16.7. The number of amides is 1. The molecular weight excluding hydrogens is 468 g/mol. The summed E-state index contributed by atoms with van der Waals surface area (Å²) in [5.41, 5.74) is 2.71. The molecule has 5 atom stereocenters. The van der Waals surface area contributed by atoms with Gasteiger partial charge in [-0.1, -0.05) is 25.4 Å². The van der Waals surface area contributed by atoms with Gasteiger partial charge in [-0.25, -0.2) is 4.98 Å². The van der Waals surface area contributed by atoms with Crippen LogP contribution in [-0.4, -0.2) is 64.8 Å². The zero-order chi connectivity index (χ0) is 24.9. The van der Waals surface area contributed by atoms with Crippen molar-refractivity contribution in [2.45, 2.75) is 45.8 Å². The number of hydrogen-bond donors (Lipinski definition) is 3. The first-order valence-electron chi connectivity index (χ1n) is 12.3. The van der Waals surface area contributed by atoms with Crippen molar-refractivity contribution in [3.8, 4) is 0 Å². The van der Waals surface area contributed by atoms with E-state index in [4.69, 9.17) is 21.3 Å². The Labute approximate surface area is 210 Å². The SMILES string of the molecule is CC1C(Nc2nc(N3C[C@H](C)C[C@H](O)C3)ncc2Cl)=CC=C2C1C1=C(OCC[C@H](C)N1)C(=O)N2C. The van der Waals surface area contributed by atoms with E-state index in [9.17, 15) is 9.90 Å². The first kappa shape index (κ1) is 23.9. The van der Waals surface area contributed by atoms with Crippen LogP contribution >= 0.6 is 11.6 Å². The second-order valence-corrected chi connectivity index (χ2v) is 10.6. The van der Waals surface area contributed by atoms with Crippen LogP contribution in [0.1, 0.15) is 33.6 Å². The van der Waals surface area contributed by atoms with Crippen molar-refractivity contribution in [2.24, 2.45) is 17.8 Å². The van der Waals surface area contributed by atoms with Crippen LogP contribution in [0.25, 0.3) is 0 Å². The van der Waals surface area contributed by atoms with Crippen LogP contribution in [0, 0.1) is 17.8 Å². The van der Waals surface area contributed by atoms with Gasteiger partial charge >= 0.3 is 0 Å². The Hall–Kier alpha value is -2.78. The maximum Gasteiger partial charge on any atom is 0.294 e. The summed E-state index contributed by atoms with van der Waals surface area (Å²) in [6.45, 7) is 8.14. The number of fused-ring (bicyclic) bond motifs is 2. The van der Waals surface area contributed by atoms with E-state index in [1.165, 1.54) is 0 Å². The van der Waals surface area contributed by atoms with Gasteiger partial charge in [-0.15, -0.1) is 0 Å². The Bertz CT molecular complexity index is 1110. The molecule has 0 saturated carbocycles. The van der Waals surface area contributed by atoms with E-state index in [0.717, 1.165) is 36.5 Å². The molecule has 0 spiro atoms. The molecule has 4 aliphatic rings. The zero-order valence-corrected chi connectivity index (χ0v) is 21.3. The zero-order valence-electron chi connectivity index (χ0n) is 20.6. The maximum atomic E-state index is 13.0. The number of rotatable bonds is 3. The number of carbonyl (C=O) groups is 1. The Kier molecular flexibility index (Phi) is 6.40. The van der Waals surface area contributed by atoms with Crippen molar-refractivity contribution in [3.63, 3.8) is 0 Å². The molecule has 3 aliphatic heterocycles. The van der Waals surface area contributed by atoms with Gasteiger partial charge < -0.3 is 30.3 Å². The Morgan fingerprint density at radius 3 is 2.83 bits per heavy atom. The van der Waals surface area contributed by atoms with Crippen molar-refractivity contribution >= 4 is 29.3 Å². The van der Waals surface area contributed by atoms with E-state index in [1.54, 1.807) is 18.1 Å². The summed E-state index contributed by atoms with van der Waals surface area (Å²) in [5.74, 6) is 1.64. The van der Waals surface area contributed by atoms with E-state index in [2.05, 4.69) is 36.4 Å². The quantitative estimate of drug-likeness (QED) is 0.582. The van der Waals surface area contributed by atoms with Gasteiger partial charge in [-0.3, -0.25) is 4.79 Å². The van der Waals surface area contributed by atoms with Crippen molar-refractivity contribution < 1.29 is 14.6 Å². The second-order valence-electron chi connectivity index (χ2n) is 10.2. The molecule has 4 heterocycles. The summed E-state index contributed by atoms with van der Waals surface area (Å²) in [6.07, 6.45) is 6.77. The van der Waals surface area contributed by atoms with Crippen LogP contribution in [0.4, 0.5) is 11.8 Å². The number of aliphatic hydroxyl groups is 1. The van der Waals surface area contributed by atoms with Gasteiger partial charge in [-0.05, 0) is 31.4 Å². The molecule has 0 radical (unpaired) electrons. The molecule has 0 aromatic carbocycles. The number of halogens is 1. The first-order valence-corrected chi connectivity index (χ1v) is 12.7. The number of nitrogens with one attached hydrogen (secondary N) is 2. The minimum atomic E-state index is -0.399. The number of carbonyl (C=O) groups excluding carboxylic acids is 1. The van der Waals surface area contributed by atoms with Gasteiger partial charge in [0, 0.05) is 49.9 Å². The molecular formula is C25H33ClN6O3. The largest absolute Gasteiger partial charge is 0.486 e. The van der Waals surface area contributed by atoms with Crippen LogP contribution in [0.5, 0.6) is 0 Å². The molecule has 1 fully saturated rings. The average molecular weight is 501 g/mol. The number of ether oxygens (including phenoxy) is 1. The van der Waals surface area contributed by atoms with Crippen LogP contribution in [0.2, 0.25) is 5.02 Å². The second kappa shape index (κ2) is 9.35. The fourth-order valence-electron chi connectivity index (χ4n) is 5.45. The number of hydrogen-bond acceptors (Lipinski definition) is 8. The van der Waals surface area contributed by atoms with Crippen LogP contribution in [-0.2, 0) is 9.53 Å². The molecule has 35 heavy (non-hydrogen) atoms. The van der Waals surface area contributed by atoms with E-state index in [-0.39, 0.29) is 23.8 Å². The number of anilines is 2. The van der Waals surface area contributed by atoms with E-state index in [0.29, 0.717) is 41.6 Å². The lowest BCUT2D eigenvalue weighted by atomic mass is 9.79. The van der Waals surface area contributed by atoms with E-state index >= 15 is 0 Å². The van der Waals surface area contributed by atoms with Crippen molar-refractivity contribution in [3.05, 3.63) is 46.2 Å². The Morgan fingerprint density at radius 1 is 1.26 bits per heavy atom. The molecule has 1 aromatic heterocycles. The van der Waals surface area contributed by atoms with E-state index in [1.807, 2.05) is 17.1 Å². The number of aromatic nitrogens is 2. The third-order valence-electron chi connectivity index (χ3n) is 7.30. The normalized spacial score (nSPS) is 30.9. The highest BCUT2D eigenvalue weighted by molar-refractivity contribution is 6.32. The molecule has 3 N–H and O–H groups in total. The fourth-order valence-corrected chi connectivity index (χ4v) is 5.59. The topological polar surface area (TPSA) is 103 Å². The predicted octanol–water partition coefficient (Wildman–Crippen LogP) is 2.86. The molecule has 5 rings (SSSR count). The third kappa shape index (κ3) is 4.47. The Morgan fingerprint density at radius 2 is 2.06 bits per heavy atom. The lowest BCUT2D eigenvalue weighted by Gasteiger charge is -2.41. The summed E-state index contributed by atoms with van der Waals surface area (Å²) in [7, 11) is 1.79. The molecule has 10 heteroatoms. The summed E-state index contributed by atoms with van der Waals surface area (Å²) >= 11 is 6.50. The number of piperidine rings is 1. The fraction of sp³-hybridized carbons (Fsp3) is 0.560. The monoisotopic (exact) mass is 500 g/mol. The van der Waals surface area contributed by atoms with Crippen molar-refractivity contribution in [1.29, 1.82) is 0 Å². The molecule has 0 bridgehead atoms. The number of likely N-dealkylation sites (N-methyl/N-ethyl adjacent to an activating group) is 1. The lowest BCUT2D eigenvalue weighted by molar-refractivity contribution is -0.129. The molecule has 1 saturated heterocycles. The van der Waals surface area contributed by atoms with Gasteiger partial charge in [0.2, 0.25) is 11.7 Å². The predicted molar refractivity (Wildman–Crippen MR) is 134 cm³/mol. The number of β-amino-alcohol motifs (C(OH)–C–C–N with tert-alkyl or cyclic N) is 1. The summed E-state index contributed by atoms with van der Waals surface area (Å²) in [5, 5.41) is 17.6. The van der Waals surface area contributed by atoms with Crippen molar-refractivity contribution in [1.82, 2.24) is 20.2 Å². The third-order valence-corrected chi connectivity index (χ3v) is 7.58. The number of nitrogens with zero attached hydrogens (tertiary/aromatic N) is 4. The highest BCUT2D eigenvalue weighted by Gasteiger charge is 2.43. The number of aliphatic hydroxyl groups excluding tert-OH is 1. The number of allylic oxidation sites excluding steroid dienone is 3. The summed E-state index contributed by atoms with van der Waals surface area (Å²) in [4.78, 5) is 25.8. The molecule has 1 aromatic rings. The standard InChI is InChI=1S/C25H33ClN6O3/c1-13-9-16(33)12-32(11-13)25-27-10-17(26)23(30-25)29-18-5-6-19-20(15(18)3)21-22(24(34)31(19)4)35-8-7-14(2)28-21/h5-6,10,13-16,20,28,33H,7-9,11-12H2,1-4H3,(H,27,29,30)/t13-,14+,15?,16+,20?/m1/s1. The summed E-state index contributed by atoms with van der Waals surface area (Å²) < 4.78 is 5.92. The average Bonchev–Trinajstić information content (AvgIpc) is 3.00. The van der Waals surface area contributed by atoms with Gasteiger partial charge in [-0.2, -0.15) is 4.98 Å². The van der Waals surface area contributed by atoms with Crippen LogP contribution in [0.3, 0.4) is 0 Å².